The van der Waals surface area contributed by atoms with Crippen LogP contribution in [0.2, 0.25) is 0 Å². The molecule has 134 valence electrons. The Bertz CT molecular complexity index is 937. The van der Waals surface area contributed by atoms with Gasteiger partial charge >= 0.3 is 0 Å². The maximum atomic E-state index is 5.42. The molecule has 5 heteroatoms. The molecule has 0 saturated heterocycles. The molecule has 0 unspecified atom stereocenters. The fourth-order valence-corrected chi connectivity index (χ4v) is 2.82. The Morgan fingerprint density at radius 3 is 2.23 bits per heavy atom. The van der Waals surface area contributed by atoms with Crippen LogP contribution in [0.3, 0.4) is 0 Å². The van der Waals surface area contributed by atoms with Crippen LogP contribution in [0.5, 0.6) is 5.75 Å². The van der Waals surface area contributed by atoms with Gasteiger partial charge in [-0.3, -0.25) is 0 Å². The van der Waals surface area contributed by atoms with Gasteiger partial charge < -0.3 is 15.4 Å². The molecule has 2 aromatic carbocycles. The van der Waals surface area contributed by atoms with Crippen LogP contribution >= 0.6 is 0 Å². The van der Waals surface area contributed by atoms with Crippen LogP contribution in [0.4, 0.5) is 23.1 Å². The van der Waals surface area contributed by atoms with Gasteiger partial charge in [-0.2, -0.15) is 4.98 Å². The summed E-state index contributed by atoms with van der Waals surface area (Å²) in [5.41, 5.74) is 6.30. The molecule has 0 aliphatic carbocycles. The highest BCUT2D eigenvalue weighted by Crippen LogP contribution is 2.28. The first-order chi connectivity index (χ1) is 12.4. The number of aromatic nitrogens is 2. The summed E-state index contributed by atoms with van der Waals surface area (Å²) in [6.45, 7) is 8.16. The van der Waals surface area contributed by atoms with E-state index in [1.807, 2.05) is 38.1 Å². The van der Waals surface area contributed by atoms with Gasteiger partial charge in [-0.25, -0.2) is 4.98 Å². The van der Waals surface area contributed by atoms with Crippen LogP contribution in [-0.2, 0) is 0 Å². The van der Waals surface area contributed by atoms with Crippen molar-refractivity contribution in [2.45, 2.75) is 27.7 Å². The Morgan fingerprint density at radius 1 is 0.769 bits per heavy atom. The molecule has 1 heterocycles. The van der Waals surface area contributed by atoms with Gasteiger partial charge in [-0.1, -0.05) is 23.8 Å². The topological polar surface area (TPSA) is 59.1 Å². The summed E-state index contributed by atoms with van der Waals surface area (Å²) in [5.74, 6) is 2.03. The van der Waals surface area contributed by atoms with E-state index in [0.717, 1.165) is 34.2 Å². The number of benzene rings is 2. The first-order valence-electron chi connectivity index (χ1n) is 8.56. The molecule has 3 rings (SSSR count). The molecule has 0 saturated carbocycles. The molecule has 5 nitrogen and oxygen atoms in total. The second-order valence-corrected chi connectivity index (χ2v) is 6.49. The van der Waals surface area contributed by atoms with Crippen LogP contribution in [0, 0.1) is 27.7 Å². The van der Waals surface area contributed by atoms with E-state index in [4.69, 9.17) is 4.74 Å². The van der Waals surface area contributed by atoms with Gasteiger partial charge in [0.2, 0.25) is 5.95 Å². The number of aryl methyl sites for hydroxylation is 4. The van der Waals surface area contributed by atoms with Crippen LogP contribution in [0.25, 0.3) is 0 Å². The number of methoxy groups -OCH3 is 1. The third-order valence-corrected chi connectivity index (χ3v) is 4.10. The summed E-state index contributed by atoms with van der Waals surface area (Å²) < 4.78 is 5.42. The largest absolute Gasteiger partial charge is 0.495 e. The lowest BCUT2D eigenvalue weighted by molar-refractivity contribution is 0.416. The minimum atomic E-state index is 0.529. The van der Waals surface area contributed by atoms with Crippen molar-refractivity contribution in [1.29, 1.82) is 0 Å². The van der Waals surface area contributed by atoms with Crippen LogP contribution in [0.15, 0.2) is 42.5 Å². The molecule has 0 aliphatic heterocycles. The highest BCUT2D eigenvalue weighted by atomic mass is 16.5. The molecular formula is C21H24N4O. The van der Waals surface area contributed by atoms with E-state index in [2.05, 4.69) is 52.6 Å². The van der Waals surface area contributed by atoms with Crippen LogP contribution in [-0.4, -0.2) is 17.1 Å². The fourth-order valence-electron chi connectivity index (χ4n) is 2.82. The summed E-state index contributed by atoms with van der Waals surface area (Å²) >= 11 is 0. The van der Waals surface area contributed by atoms with Crippen LogP contribution < -0.4 is 15.4 Å². The SMILES string of the molecule is COc1ccc(C)cc1Nc1nc(C)cc(Nc2ccc(C)cc2C)n1. The van der Waals surface area contributed by atoms with Crippen molar-refractivity contribution in [1.82, 2.24) is 9.97 Å². The number of nitrogens with zero attached hydrogens (tertiary/aromatic N) is 2. The molecule has 3 aromatic rings. The first-order valence-corrected chi connectivity index (χ1v) is 8.56. The van der Waals surface area contributed by atoms with E-state index in [1.54, 1.807) is 7.11 Å². The van der Waals surface area contributed by atoms with Gasteiger partial charge in [0.05, 0.1) is 12.8 Å². The van der Waals surface area contributed by atoms with Gasteiger partial charge in [0.15, 0.2) is 0 Å². The second kappa shape index (κ2) is 7.44. The third kappa shape index (κ3) is 4.11. The summed E-state index contributed by atoms with van der Waals surface area (Å²) in [5, 5.41) is 6.65. The molecule has 0 aliphatic rings. The predicted molar refractivity (Wildman–Crippen MR) is 107 cm³/mol. The quantitative estimate of drug-likeness (QED) is 0.663. The van der Waals surface area contributed by atoms with E-state index >= 15 is 0 Å². The van der Waals surface area contributed by atoms with Gasteiger partial charge in [0.25, 0.3) is 0 Å². The lowest BCUT2D eigenvalue weighted by Gasteiger charge is -2.14. The highest BCUT2D eigenvalue weighted by molar-refractivity contribution is 5.66. The van der Waals surface area contributed by atoms with Crippen LogP contribution in [0.1, 0.15) is 22.4 Å². The minimum absolute atomic E-state index is 0.529. The zero-order valence-electron chi connectivity index (χ0n) is 15.8. The summed E-state index contributed by atoms with van der Waals surface area (Å²) in [4.78, 5) is 9.10. The zero-order chi connectivity index (χ0) is 18.7. The van der Waals surface area contributed by atoms with E-state index < -0.39 is 0 Å². The molecule has 0 spiro atoms. The van der Waals surface area contributed by atoms with Gasteiger partial charge in [0.1, 0.15) is 11.6 Å². The average Bonchev–Trinajstić information content (AvgIpc) is 2.57. The molecule has 0 radical (unpaired) electrons. The van der Waals surface area contributed by atoms with Crippen molar-refractivity contribution in [2.75, 3.05) is 17.7 Å². The highest BCUT2D eigenvalue weighted by Gasteiger charge is 2.08. The zero-order valence-corrected chi connectivity index (χ0v) is 15.8. The Balaban J connectivity index is 1.89. The molecular weight excluding hydrogens is 324 g/mol. The molecule has 26 heavy (non-hydrogen) atoms. The molecule has 0 fully saturated rings. The standard InChI is InChI=1S/C21H24N4O/c1-13-6-8-17(15(3)10-13)23-20-12-16(4)22-21(25-20)24-18-11-14(2)7-9-19(18)26-5/h6-12H,1-5H3,(H2,22,23,24,25). The van der Waals surface area contributed by atoms with Gasteiger partial charge in [-0.05, 0) is 57.0 Å². The summed E-state index contributed by atoms with van der Waals surface area (Å²) in [7, 11) is 1.65. The Labute approximate surface area is 154 Å². The number of nitrogens with one attached hydrogen (secondary N) is 2. The number of hydrogen-bond donors (Lipinski definition) is 2. The average molecular weight is 348 g/mol. The van der Waals surface area contributed by atoms with Crippen molar-refractivity contribution >= 4 is 23.1 Å². The van der Waals surface area contributed by atoms with Gasteiger partial charge in [-0.15, -0.1) is 0 Å². The molecule has 0 atom stereocenters. The van der Waals surface area contributed by atoms with Crippen molar-refractivity contribution in [2.24, 2.45) is 0 Å². The lowest BCUT2D eigenvalue weighted by Crippen LogP contribution is -2.04. The number of anilines is 4. The van der Waals surface area contributed by atoms with E-state index in [-0.39, 0.29) is 0 Å². The van der Waals surface area contributed by atoms with Crippen molar-refractivity contribution in [3.63, 3.8) is 0 Å². The fraction of sp³-hybridized carbons (Fsp3) is 0.238. The number of rotatable bonds is 5. The third-order valence-electron chi connectivity index (χ3n) is 4.10. The second-order valence-electron chi connectivity index (χ2n) is 6.49. The van der Waals surface area contributed by atoms with Crippen molar-refractivity contribution in [3.05, 3.63) is 64.8 Å². The lowest BCUT2D eigenvalue weighted by atomic mass is 10.1. The Hall–Kier alpha value is -3.08. The molecule has 1 aromatic heterocycles. The number of ether oxygens (including phenoxy) is 1. The molecule has 2 N–H and O–H groups in total. The monoisotopic (exact) mass is 348 g/mol. The van der Waals surface area contributed by atoms with Crippen molar-refractivity contribution < 1.29 is 4.74 Å². The number of hydrogen-bond acceptors (Lipinski definition) is 5. The molecule has 0 bridgehead atoms. The summed E-state index contributed by atoms with van der Waals surface area (Å²) in [6, 6.07) is 14.2. The minimum Gasteiger partial charge on any atom is -0.495 e. The van der Waals surface area contributed by atoms with E-state index in [9.17, 15) is 0 Å². The Kier molecular flexibility index (Phi) is 5.07. The van der Waals surface area contributed by atoms with Gasteiger partial charge in [0, 0.05) is 17.4 Å². The predicted octanol–water partition coefficient (Wildman–Crippen LogP) is 5.21. The summed E-state index contributed by atoms with van der Waals surface area (Å²) in [6.07, 6.45) is 0. The van der Waals surface area contributed by atoms with E-state index in [1.165, 1.54) is 11.1 Å². The smallest absolute Gasteiger partial charge is 0.229 e. The Morgan fingerprint density at radius 2 is 1.50 bits per heavy atom. The normalized spacial score (nSPS) is 10.5. The maximum absolute atomic E-state index is 5.42. The maximum Gasteiger partial charge on any atom is 0.229 e. The van der Waals surface area contributed by atoms with E-state index in [0.29, 0.717) is 5.95 Å². The van der Waals surface area contributed by atoms with Crippen molar-refractivity contribution in [3.8, 4) is 5.75 Å². The first kappa shape index (κ1) is 17.7. The molecule has 0 amide bonds.